The van der Waals surface area contributed by atoms with Crippen molar-refractivity contribution < 1.29 is 4.21 Å². The lowest BCUT2D eigenvalue weighted by molar-refractivity contribution is 0.689. The third kappa shape index (κ3) is 2.13. The van der Waals surface area contributed by atoms with Crippen LogP contribution in [0.5, 0.6) is 0 Å². The van der Waals surface area contributed by atoms with Gasteiger partial charge in [0.05, 0.1) is 12.3 Å². The van der Waals surface area contributed by atoms with Crippen molar-refractivity contribution in [2.24, 2.45) is 4.99 Å². The van der Waals surface area contributed by atoms with Gasteiger partial charge in [-0.2, -0.15) is 0 Å². The lowest BCUT2D eigenvalue weighted by Crippen LogP contribution is -2.23. The zero-order chi connectivity index (χ0) is 6.69. The van der Waals surface area contributed by atoms with Crippen LogP contribution in [0.2, 0.25) is 0 Å². The third-order valence-corrected chi connectivity index (χ3v) is 1.76. The zero-order valence-electron chi connectivity index (χ0n) is 5.39. The first-order valence-electron chi connectivity index (χ1n) is 2.86. The Balaban J connectivity index is 2.35. The van der Waals surface area contributed by atoms with Gasteiger partial charge in [0.25, 0.3) is 0 Å². The first kappa shape index (κ1) is 6.74. The van der Waals surface area contributed by atoms with Gasteiger partial charge in [-0.25, -0.2) is 0 Å². The van der Waals surface area contributed by atoms with Crippen LogP contribution < -0.4 is 5.32 Å². The smallest absolute Gasteiger partial charge is 0.109 e. The van der Waals surface area contributed by atoms with E-state index in [1.165, 1.54) is 0 Å². The highest BCUT2D eigenvalue weighted by molar-refractivity contribution is 7.85. The van der Waals surface area contributed by atoms with E-state index in [1.807, 2.05) is 0 Å². The molecule has 0 fully saturated rings. The molecular weight excluding hydrogens is 136 g/mol. The molecule has 1 aliphatic heterocycles. The van der Waals surface area contributed by atoms with E-state index in [4.69, 9.17) is 0 Å². The van der Waals surface area contributed by atoms with E-state index in [1.54, 1.807) is 6.26 Å². The topological polar surface area (TPSA) is 41.5 Å². The largest absolute Gasteiger partial charge is 0.371 e. The van der Waals surface area contributed by atoms with Gasteiger partial charge < -0.3 is 5.32 Å². The minimum absolute atomic E-state index is 0.583. The predicted octanol–water partition coefficient (Wildman–Crippen LogP) is -0.633. The van der Waals surface area contributed by atoms with Gasteiger partial charge in [-0.15, -0.1) is 0 Å². The van der Waals surface area contributed by atoms with Gasteiger partial charge in [0.15, 0.2) is 0 Å². The van der Waals surface area contributed by atoms with Crippen LogP contribution in [0.1, 0.15) is 0 Å². The summed E-state index contributed by atoms with van der Waals surface area (Å²) in [6.07, 6.45) is 1.68. The minimum atomic E-state index is -0.749. The fourth-order valence-corrected chi connectivity index (χ4v) is 1.31. The van der Waals surface area contributed by atoms with Gasteiger partial charge in [0.2, 0.25) is 0 Å². The van der Waals surface area contributed by atoms with E-state index in [-0.39, 0.29) is 0 Å². The Morgan fingerprint density at radius 2 is 2.67 bits per heavy atom. The molecule has 0 radical (unpaired) electrons. The summed E-state index contributed by atoms with van der Waals surface area (Å²) in [6, 6.07) is 0. The Labute approximate surface area is 57.0 Å². The molecule has 4 heteroatoms. The second kappa shape index (κ2) is 2.96. The highest BCUT2D eigenvalue weighted by Crippen LogP contribution is 1.86. The highest BCUT2D eigenvalue weighted by atomic mass is 32.2. The molecule has 0 spiro atoms. The minimum Gasteiger partial charge on any atom is -0.371 e. The quantitative estimate of drug-likeness (QED) is 0.563. The predicted molar refractivity (Wildman–Crippen MR) is 39.2 cm³/mol. The molecule has 3 nitrogen and oxygen atoms in total. The molecule has 0 saturated carbocycles. The van der Waals surface area contributed by atoms with Crippen molar-refractivity contribution in [2.45, 2.75) is 0 Å². The number of rotatable bonds is 2. The lowest BCUT2D eigenvalue weighted by Gasteiger charge is -1.95. The summed E-state index contributed by atoms with van der Waals surface area (Å²) in [5.74, 6) is 1.48. The van der Waals surface area contributed by atoms with Gasteiger partial charge in [-0.3, -0.25) is 9.20 Å². The molecule has 0 aromatic heterocycles. The molecule has 1 aliphatic rings. The molecule has 0 aromatic rings. The van der Waals surface area contributed by atoms with E-state index in [9.17, 15) is 4.21 Å². The van der Waals surface area contributed by atoms with Crippen molar-refractivity contribution in [3.8, 4) is 0 Å². The maximum absolute atomic E-state index is 10.6. The molecule has 9 heavy (non-hydrogen) atoms. The average molecular weight is 146 g/mol. The first-order valence-corrected chi connectivity index (χ1v) is 4.59. The molecule has 1 rings (SSSR count). The van der Waals surface area contributed by atoms with E-state index in [2.05, 4.69) is 10.3 Å². The van der Waals surface area contributed by atoms with Gasteiger partial charge in [-0.1, -0.05) is 0 Å². The van der Waals surface area contributed by atoms with Crippen molar-refractivity contribution in [1.82, 2.24) is 5.32 Å². The molecule has 1 unspecified atom stereocenters. The Bertz CT molecular complexity index is 155. The van der Waals surface area contributed by atoms with Gasteiger partial charge in [-0.05, 0) is 0 Å². The SMILES string of the molecule is CS(=O)CC1=NCCN1. The van der Waals surface area contributed by atoms with Gasteiger partial charge >= 0.3 is 0 Å². The summed E-state index contributed by atoms with van der Waals surface area (Å²) in [5, 5.41) is 3.04. The molecule has 1 atom stereocenters. The summed E-state index contributed by atoms with van der Waals surface area (Å²) < 4.78 is 10.6. The summed E-state index contributed by atoms with van der Waals surface area (Å²) in [5.41, 5.74) is 0. The maximum Gasteiger partial charge on any atom is 0.109 e. The summed E-state index contributed by atoms with van der Waals surface area (Å²) in [7, 11) is -0.749. The Morgan fingerprint density at radius 1 is 1.89 bits per heavy atom. The third-order valence-electron chi connectivity index (χ3n) is 1.08. The van der Waals surface area contributed by atoms with Gasteiger partial charge in [0, 0.05) is 23.6 Å². The first-order chi connectivity index (χ1) is 4.29. The van der Waals surface area contributed by atoms with Crippen LogP contribution in [0, 0.1) is 0 Å². The molecule has 0 amide bonds. The molecule has 52 valence electrons. The molecule has 0 bridgehead atoms. The summed E-state index contributed by atoms with van der Waals surface area (Å²) >= 11 is 0. The van der Waals surface area contributed by atoms with Crippen LogP contribution in [-0.4, -0.2) is 35.1 Å². The van der Waals surface area contributed by atoms with Gasteiger partial charge in [0.1, 0.15) is 5.84 Å². The molecule has 1 heterocycles. The molecule has 0 aromatic carbocycles. The lowest BCUT2D eigenvalue weighted by atomic mass is 10.7. The number of aliphatic imine (C=N–C) groups is 1. The fraction of sp³-hybridized carbons (Fsp3) is 0.800. The number of amidine groups is 1. The van der Waals surface area contributed by atoms with E-state index >= 15 is 0 Å². The Hall–Kier alpha value is -0.380. The van der Waals surface area contributed by atoms with Crippen molar-refractivity contribution in [3.63, 3.8) is 0 Å². The maximum atomic E-state index is 10.6. The van der Waals surface area contributed by atoms with E-state index in [0.717, 1.165) is 18.9 Å². The van der Waals surface area contributed by atoms with Crippen LogP contribution in [0.4, 0.5) is 0 Å². The second-order valence-corrected chi connectivity index (χ2v) is 3.41. The number of nitrogens with zero attached hydrogens (tertiary/aromatic N) is 1. The highest BCUT2D eigenvalue weighted by Gasteiger charge is 2.04. The number of hydrogen-bond donors (Lipinski definition) is 1. The van der Waals surface area contributed by atoms with Crippen LogP contribution in [-0.2, 0) is 10.8 Å². The molecule has 0 aliphatic carbocycles. The van der Waals surface area contributed by atoms with Crippen LogP contribution in [0.15, 0.2) is 4.99 Å². The zero-order valence-corrected chi connectivity index (χ0v) is 6.20. The van der Waals surface area contributed by atoms with Crippen LogP contribution in [0.25, 0.3) is 0 Å². The summed E-state index contributed by atoms with van der Waals surface area (Å²) in [4.78, 5) is 4.09. The molecule has 0 saturated heterocycles. The fourth-order valence-electron chi connectivity index (χ4n) is 0.736. The van der Waals surface area contributed by atoms with Crippen molar-refractivity contribution >= 4 is 16.6 Å². The molecular formula is C5H10N2OS. The van der Waals surface area contributed by atoms with E-state index < -0.39 is 10.8 Å². The van der Waals surface area contributed by atoms with E-state index in [0.29, 0.717) is 5.75 Å². The molecule has 1 N–H and O–H groups in total. The number of nitrogens with one attached hydrogen (secondary N) is 1. The number of hydrogen-bond acceptors (Lipinski definition) is 3. The normalized spacial score (nSPS) is 20.8. The average Bonchev–Trinajstić information content (AvgIpc) is 2.15. The van der Waals surface area contributed by atoms with Crippen molar-refractivity contribution in [1.29, 1.82) is 0 Å². The summed E-state index contributed by atoms with van der Waals surface area (Å²) in [6.45, 7) is 1.75. The van der Waals surface area contributed by atoms with Crippen molar-refractivity contribution in [3.05, 3.63) is 0 Å². The van der Waals surface area contributed by atoms with Crippen LogP contribution in [0.3, 0.4) is 0 Å². The second-order valence-electron chi connectivity index (χ2n) is 1.97. The van der Waals surface area contributed by atoms with Crippen molar-refractivity contribution in [2.75, 3.05) is 25.1 Å². The Kier molecular flexibility index (Phi) is 2.22. The Morgan fingerprint density at radius 3 is 3.11 bits per heavy atom. The van der Waals surface area contributed by atoms with Crippen LogP contribution >= 0.6 is 0 Å². The standard InChI is InChI=1S/C5H10N2OS/c1-9(8)4-5-6-2-3-7-5/h2-4H2,1H3,(H,6,7). The monoisotopic (exact) mass is 146 g/mol.